The highest BCUT2D eigenvalue weighted by Crippen LogP contribution is 2.40. The fourth-order valence-electron chi connectivity index (χ4n) is 2.68. The molecule has 1 saturated carbocycles. The lowest BCUT2D eigenvalue weighted by molar-refractivity contribution is 0.448. The molecule has 1 aromatic heterocycles. The summed E-state index contributed by atoms with van der Waals surface area (Å²) in [4.78, 5) is 4.36. The number of aromatic nitrogens is 1. The van der Waals surface area contributed by atoms with Crippen molar-refractivity contribution in [2.75, 3.05) is 6.54 Å². The SMILES string of the molecule is Cc1ncccc1C1(CN)CCCC1. The van der Waals surface area contributed by atoms with Crippen LogP contribution in [0.2, 0.25) is 0 Å². The zero-order chi connectivity index (χ0) is 10.0. The van der Waals surface area contributed by atoms with E-state index < -0.39 is 0 Å². The zero-order valence-corrected chi connectivity index (χ0v) is 8.79. The number of pyridine rings is 1. The molecule has 1 aliphatic carbocycles. The van der Waals surface area contributed by atoms with Gasteiger partial charge in [0.2, 0.25) is 0 Å². The third-order valence-corrected chi connectivity index (χ3v) is 3.53. The molecule has 0 radical (unpaired) electrons. The van der Waals surface area contributed by atoms with E-state index in [1.54, 1.807) is 0 Å². The number of nitrogens with two attached hydrogens (primary N) is 1. The minimum Gasteiger partial charge on any atom is -0.330 e. The minimum absolute atomic E-state index is 0.234. The fraction of sp³-hybridized carbons (Fsp3) is 0.583. The molecule has 1 fully saturated rings. The van der Waals surface area contributed by atoms with E-state index in [2.05, 4.69) is 18.0 Å². The predicted molar refractivity (Wildman–Crippen MR) is 58.2 cm³/mol. The smallest absolute Gasteiger partial charge is 0.0410 e. The first-order valence-electron chi connectivity index (χ1n) is 5.41. The maximum absolute atomic E-state index is 5.94. The summed E-state index contributed by atoms with van der Waals surface area (Å²) in [5, 5.41) is 0. The van der Waals surface area contributed by atoms with Crippen molar-refractivity contribution in [1.82, 2.24) is 4.98 Å². The van der Waals surface area contributed by atoms with Crippen LogP contribution in [-0.4, -0.2) is 11.5 Å². The molecule has 0 bridgehead atoms. The summed E-state index contributed by atoms with van der Waals surface area (Å²) in [5.74, 6) is 0. The molecule has 2 heteroatoms. The molecule has 1 heterocycles. The molecule has 0 unspecified atom stereocenters. The highest BCUT2D eigenvalue weighted by atomic mass is 14.7. The van der Waals surface area contributed by atoms with Crippen LogP contribution in [0.4, 0.5) is 0 Å². The largest absolute Gasteiger partial charge is 0.330 e. The highest BCUT2D eigenvalue weighted by molar-refractivity contribution is 5.30. The summed E-state index contributed by atoms with van der Waals surface area (Å²) in [6, 6.07) is 4.22. The van der Waals surface area contributed by atoms with Gasteiger partial charge < -0.3 is 5.73 Å². The Balaban J connectivity index is 2.41. The van der Waals surface area contributed by atoms with Gasteiger partial charge in [-0.15, -0.1) is 0 Å². The summed E-state index contributed by atoms with van der Waals surface area (Å²) in [6.07, 6.45) is 6.95. The van der Waals surface area contributed by atoms with Crippen molar-refractivity contribution in [2.24, 2.45) is 5.73 Å². The van der Waals surface area contributed by atoms with Crippen molar-refractivity contribution in [3.63, 3.8) is 0 Å². The molecule has 0 aliphatic heterocycles. The average molecular weight is 190 g/mol. The summed E-state index contributed by atoms with van der Waals surface area (Å²) < 4.78 is 0. The van der Waals surface area contributed by atoms with Crippen molar-refractivity contribution in [2.45, 2.75) is 38.0 Å². The third-order valence-electron chi connectivity index (χ3n) is 3.53. The minimum atomic E-state index is 0.234. The molecule has 0 saturated heterocycles. The van der Waals surface area contributed by atoms with Crippen molar-refractivity contribution < 1.29 is 0 Å². The van der Waals surface area contributed by atoms with Crippen LogP contribution in [0.15, 0.2) is 18.3 Å². The Morgan fingerprint density at radius 2 is 2.14 bits per heavy atom. The van der Waals surface area contributed by atoms with Crippen LogP contribution in [-0.2, 0) is 5.41 Å². The second-order valence-corrected chi connectivity index (χ2v) is 4.33. The number of hydrogen-bond donors (Lipinski definition) is 1. The van der Waals surface area contributed by atoms with Gasteiger partial charge in [-0.25, -0.2) is 0 Å². The van der Waals surface area contributed by atoms with Crippen molar-refractivity contribution in [3.8, 4) is 0 Å². The second kappa shape index (κ2) is 3.70. The number of aryl methyl sites for hydroxylation is 1. The molecule has 1 aliphatic rings. The van der Waals surface area contributed by atoms with Gasteiger partial charge in [0.25, 0.3) is 0 Å². The average Bonchev–Trinajstić information content (AvgIpc) is 2.68. The quantitative estimate of drug-likeness (QED) is 0.776. The molecule has 1 aromatic rings. The number of nitrogens with zero attached hydrogens (tertiary/aromatic N) is 1. The Morgan fingerprint density at radius 3 is 2.71 bits per heavy atom. The van der Waals surface area contributed by atoms with E-state index in [9.17, 15) is 0 Å². The van der Waals surface area contributed by atoms with Gasteiger partial charge in [-0.1, -0.05) is 18.9 Å². The van der Waals surface area contributed by atoms with Crippen LogP contribution in [0, 0.1) is 6.92 Å². The standard InChI is InChI=1S/C12H18N2/c1-10-11(5-4-8-14-10)12(9-13)6-2-3-7-12/h4-5,8H,2-3,6-7,9,13H2,1H3. The first-order chi connectivity index (χ1) is 6.78. The second-order valence-electron chi connectivity index (χ2n) is 4.33. The number of rotatable bonds is 2. The monoisotopic (exact) mass is 190 g/mol. The van der Waals surface area contributed by atoms with Crippen LogP contribution in [0.3, 0.4) is 0 Å². The Hall–Kier alpha value is -0.890. The molecule has 2 nitrogen and oxygen atoms in total. The van der Waals surface area contributed by atoms with E-state index in [1.807, 2.05) is 12.3 Å². The van der Waals surface area contributed by atoms with Crippen molar-refractivity contribution in [3.05, 3.63) is 29.6 Å². The summed E-state index contributed by atoms with van der Waals surface area (Å²) in [7, 11) is 0. The van der Waals surface area contributed by atoms with Gasteiger partial charge in [0.1, 0.15) is 0 Å². The first-order valence-corrected chi connectivity index (χ1v) is 5.41. The van der Waals surface area contributed by atoms with E-state index in [0.29, 0.717) is 0 Å². The van der Waals surface area contributed by atoms with Gasteiger partial charge in [-0.05, 0) is 31.4 Å². The molecular weight excluding hydrogens is 172 g/mol. The van der Waals surface area contributed by atoms with Gasteiger partial charge in [-0.3, -0.25) is 4.98 Å². The molecular formula is C12H18N2. The van der Waals surface area contributed by atoms with Gasteiger partial charge in [0.05, 0.1) is 0 Å². The van der Waals surface area contributed by atoms with Crippen LogP contribution in [0.1, 0.15) is 36.9 Å². The molecule has 0 amide bonds. The maximum Gasteiger partial charge on any atom is 0.0410 e. The fourth-order valence-corrected chi connectivity index (χ4v) is 2.68. The van der Waals surface area contributed by atoms with Gasteiger partial charge in [0, 0.05) is 23.9 Å². The van der Waals surface area contributed by atoms with E-state index in [0.717, 1.165) is 12.2 Å². The molecule has 0 spiro atoms. The molecule has 76 valence electrons. The third kappa shape index (κ3) is 1.44. The molecule has 0 atom stereocenters. The Bertz CT molecular complexity index is 314. The zero-order valence-electron chi connectivity index (χ0n) is 8.79. The summed E-state index contributed by atoms with van der Waals surface area (Å²) in [6.45, 7) is 2.85. The maximum atomic E-state index is 5.94. The molecule has 14 heavy (non-hydrogen) atoms. The van der Waals surface area contributed by atoms with E-state index in [1.165, 1.54) is 31.2 Å². The van der Waals surface area contributed by atoms with Crippen molar-refractivity contribution in [1.29, 1.82) is 0 Å². The Morgan fingerprint density at radius 1 is 1.43 bits per heavy atom. The van der Waals surface area contributed by atoms with Crippen LogP contribution in [0.25, 0.3) is 0 Å². The highest BCUT2D eigenvalue weighted by Gasteiger charge is 2.35. The van der Waals surface area contributed by atoms with Gasteiger partial charge >= 0.3 is 0 Å². The number of hydrogen-bond acceptors (Lipinski definition) is 2. The Labute approximate surface area is 85.5 Å². The van der Waals surface area contributed by atoms with Crippen LogP contribution < -0.4 is 5.73 Å². The summed E-state index contributed by atoms with van der Waals surface area (Å²) in [5.41, 5.74) is 8.70. The van der Waals surface area contributed by atoms with Gasteiger partial charge in [-0.2, -0.15) is 0 Å². The van der Waals surface area contributed by atoms with Crippen LogP contribution >= 0.6 is 0 Å². The van der Waals surface area contributed by atoms with E-state index in [-0.39, 0.29) is 5.41 Å². The van der Waals surface area contributed by atoms with Gasteiger partial charge in [0.15, 0.2) is 0 Å². The summed E-state index contributed by atoms with van der Waals surface area (Å²) >= 11 is 0. The lowest BCUT2D eigenvalue weighted by atomic mass is 9.78. The van der Waals surface area contributed by atoms with Crippen LogP contribution in [0.5, 0.6) is 0 Å². The normalized spacial score (nSPS) is 19.9. The molecule has 2 rings (SSSR count). The predicted octanol–water partition coefficient (Wildman–Crippen LogP) is 2.16. The molecule has 2 N–H and O–H groups in total. The topological polar surface area (TPSA) is 38.9 Å². The first kappa shape index (κ1) is 9.66. The lowest BCUT2D eigenvalue weighted by Gasteiger charge is -2.28. The Kier molecular flexibility index (Phi) is 2.55. The van der Waals surface area contributed by atoms with Crippen molar-refractivity contribution >= 4 is 0 Å². The molecule has 0 aromatic carbocycles. The lowest BCUT2D eigenvalue weighted by Crippen LogP contribution is -2.32. The van der Waals surface area contributed by atoms with E-state index in [4.69, 9.17) is 5.73 Å². The van der Waals surface area contributed by atoms with E-state index >= 15 is 0 Å².